The van der Waals surface area contributed by atoms with Crippen molar-refractivity contribution in [3.63, 3.8) is 0 Å². The lowest BCUT2D eigenvalue weighted by atomic mass is 10.3. The summed E-state index contributed by atoms with van der Waals surface area (Å²) < 4.78 is 0. The SMILES string of the molecule is CC(C)N(CCO)c1nc[nH]c(=O)c1Cl. The van der Waals surface area contributed by atoms with Crippen molar-refractivity contribution in [3.8, 4) is 0 Å². The van der Waals surface area contributed by atoms with Gasteiger partial charge in [-0.3, -0.25) is 4.79 Å². The van der Waals surface area contributed by atoms with Gasteiger partial charge in [0.05, 0.1) is 12.9 Å². The summed E-state index contributed by atoms with van der Waals surface area (Å²) in [5, 5.41) is 8.96. The molecule has 2 N–H and O–H groups in total. The third kappa shape index (κ3) is 2.70. The minimum atomic E-state index is -0.370. The zero-order chi connectivity index (χ0) is 11.4. The van der Waals surface area contributed by atoms with Gasteiger partial charge in [0.15, 0.2) is 5.82 Å². The van der Waals surface area contributed by atoms with Gasteiger partial charge in [0.2, 0.25) is 0 Å². The van der Waals surface area contributed by atoms with Crippen LogP contribution in [-0.4, -0.2) is 34.3 Å². The largest absolute Gasteiger partial charge is 0.395 e. The first-order valence-electron chi connectivity index (χ1n) is 4.68. The molecular weight excluding hydrogens is 218 g/mol. The number of aromatic nitrogens is 2. The van der Waals surface area contributed by atoms with Crippen LogP contribution in [0, 0.1) is 0 Å². The first kappa shape index (κ1) is 12.0. The molecule has 0 saturated heterocycles. The van der Waals surface area contributed by atoms with Gasteiger partial charge in [0.25, 0.3) is 5.56 Å². The molecular formula is C9H14ClN3O2. The summed E-state index contributed by atoms with van der Waals surface area (Å²) in [6.45, 7) is 4.26. The molecule has 84 valence electrons. The fourth-order valence-electron chi connectivity index (χ4n) is 1.29. The van der Waals surface area contributed by atoms with Gasteiger partial charge in [-0.2, -0.15) is 0 Å². The molecule has 5 nitrogen and oxygen atoms in total. The zero-order valence-electron chi connectivity index (χ0n) is 8.70. The molecule has 0 spiro atoms. The molecule has 6 heteroatoms. The van der Waals surface area contributed by atoms with Gasteiger partial charge in [0.1, 0.15) is 5.02 Å². The number of nitrogens with zero attached hydrogens (tertiary/aromatic N) is 2. The Morgan fingerprint density at radius 3 is 2.87 bits per heavy atom. The average Bonchev–Trinajstić information content (AvgIpc) is 2.19. The second-order valence-corrected chi connectivity index (χ2v) is 3.76. The normalized spacial score (nSPS) is 10.7. The van der Waals surface area contributed by atoms with E-state index in [9.17, 15) is 4.79 Å². The minimum absolute atomic E-state index is 0.0109. The molecule has 0 saturated carbocycles. The van der Waals surface area contributed by atoms with Gasteiger partial charge < -0.3 is 15.0 Å². The number of aliphatic hydroxyl groups excluding tert-OH is 1. The molecule has 0 aliphatic carbocycles. The number of halogens is 1. The maximum Gasteiger partial charge on any atom is 0.271 e. The van der Waals surface area contributed by atoms with E-state index in [2.05, 4.69) is 9.97 Å². The molecule has 0 radical (unpaired) electrons. The maximum absolute atomic E-state index is 11.3. The summed E-state index contributed by atoms with van der Waals surface area (Å²) in [6, 6.07) is 0.115. The van der Waals surface area contributed by atoms with E-state index in [0.717, 1.165) is 0 Å². The first-order chi connectivity index (χ1) is 7.07. The van der Waals surface area contributed by atoms with Gasteiger partial charge in [-0.1, -0.05) is 11.6 Å². The van der Waals surface area contributed by atoms with E-state index in [4.69, 9.17) is 16.7 Å². The van der Waals surface area contributed by atoms with Crippen LogP contribution in [0.5, 0.6) is 0 Å². The molecule has 0 fully saturated rings. The summed E-state index contributed by atoms with van der Waals surface area (Å²) in [4.78, 5) is 19.4. The van der Waals surface area contributed by atoms with Crippen LogP contribution < -0.4 is 10.5 Å². The molecule has 0 atom stereocenters. The summed E-state index contributed by atoms with van der Waals surface area (Å²) in [5.41, 5.74) is -0.370. The van der Waals surface area contributed by atoms with Crippen molar-refractivity contribution < 1.29 is 5.11 Å². The summed E-state index contributed by atoms with van der Waals surface area (Å²) in [5.74, 6) is 0.407. The number of hydrogen-bond acceptors (Lipinski definition) is 4. The second-order valence-electron chi connectivity index (χ2n) is 3.38. The topological polar surface area (TPSA) is 69.2 Å². The molecule has 0 unspecified atom stereocenters. The molecule has 15 heavy (non-hydrogen) atoms. The predicted molar refractivity (Wildman–Crippen MR) is 59.4 cm³/mol. The molecule has 1 aromatic rings. The number of hydrogen-bond donors (Lipinski definition) is 2. The van der Waals surface area contributed by atoms with Crippen molar-refractivity contribution >= 4 is 17.4 Å². The summed E-state index contributed by atoms with van der Waals surface area (Å²) >= 11 is 5.84. The number of aliphatic hydroxyl groups is 1. The Morgan fingerprint density at radius 2 is 2.33 bits per heavy atom. The van der Waals surface area contributed by atoms with Crippen molar-refractivity contribution in [2.24, 2.45) is 0 Å². The van der Waals surface area contributed by atoms with E-state index in [1.165, 1.54) is 6.33 Å². The van der Waals surface area contributed by atoms with Crippen LogP contribution in [0.3, 0.4) is 0 Å². The lowest BCUT2D eigenvalue weighted by molar-refractivity contribution is 0.298. The number of anilines is 1. The van der Waals surface area contributed by atoms with Gasteiger partial charge in [-0.05, 0) is 13.8 Å². The smallest absolute Gasteiger partial charge is 0.271 e. The number of rotatable bonds is 4. The minimum Gasteiger partial charge on any atom is -0.395 e. The fraction of sp³-hybridized carbons (Fsp3) is 0.556. The highest BCUT2D eigenvalue weighted by Crippen LogP contribution is 2.19. The maximum atomic E-state index is 11.3. The quantitative estimate of drug-likeness (QED) is 0.798. The van der Waals surface area contributed by atoms with Gasteiger partial charge >= 0.3 is 0 Å². The average molecular weight is 232 g/mol. The zero-order valence-corrected chi connectivity index (χ0v) is 9.45. The highest BCUT2D eigenvalue weighted by molar-refractivity contribution is 6.32. The van der Waals surface area contributed by atoms with Crippen molar-refractivity contribution in [2.75, 3.05) is 18.1 Å². The highest BCUT2D eigenvalue weighted by Gasteiger charge is 2.16. The summed E-state index contributed by atoms with van der Waals surface area (Å²) in [6.07, 6.45) is 1.30. The monoisotopic (exact) mass is 231 g/mol. The fourth-order valence-corrected chi connectivity index (χ4v) is 1.50. The lowest BCUT2D eigenvalue weighted by Crippen LogP contribution is -2.35. The lowest BCUT2D eigenvalue weighted by Gasteiger charge is -2.27. The summed E-state index contributed by atoms with van der Waals surface area (Å²) in [7, 11) is 0. The predicted octanol–water partition coefficient (Wildman–Crippen LogP) is 0.630. The Bertz CT molecular complexity index is 378. The van der Waals surface area contributed by atoms with Crippen LogP contribution in [0.4, 0.5) is 5.82 Å². The Hall–Kier alpha value is -1.07. The van der Waals surface area contributed by atoms with E-state index in [-0.39, 0.29) is 23.2 Å². The second kappa shape index (κ2) is 5.14. The first-order valence-corrected chi connectivity index (χ1v) is 5.06. The van der Waals surface area contributed by atoms with Crippen molar-refractivity contribution in [3.05, 3.63) is 21.7 Å². The van der Waals surface area contributed by atoms with Crippen molar-refractivity contribution in [1.29, 1.82) is 0 Å². The van der Waals surface area contributed by atoms with Crippen LogP contribution in [0.25, 0.3) is 0 Å². The Morgan fingerprint density at radius 1 is 1.67 bits per heavy atom. The van der Waals surface area contributed by atoms with Crippen molar-refractivity contribution in [1.82, 2.24) is 9.97 Å². The Labute approximate surface area is 92.7 Å². The highest BCUT2D eigenvalue weighted by atomic mass is 35.5. The Balaban J connectivity index is 3.11. The van der Waals surface area contributed by atoms with E-state index in [0.29, 0.717) is 12.4 Å². The van der Waals surface area contributed by atoms with Crippen LogP contribution in [0.1, 0.15) is 13.8 Å². The van der Waals surface area contributed by atoms with E-state index >= 15 is 0 Å². The van der Waals surface area contributed by atoms with E-state index in [1.807, 2.05) is 13.8 Å². The van der Waals surface area contributed by atoms with Crippen LogP contribution in [0.2, 0.25) is 5.02 Å². The number of aromatic amines is 1. The number of nitrogens with one attached hydrogen (secondary N) is 1. The molecule has 0 amide bonds. The third-order valence-corrected chi connectivity index (χ3v) is 2.36. The van der Waals surface area contributed by atoms with Gasteiger partial charge in [-0.25, -0.2) is 4.98 Å². The number of H-pyrrole nitrogens is 1. The molecule has 1 heterocycles. The van der Waals surface area contributed by atoms with E-state index < -0.39 is 0 Å². The van der Waals surface area contributed by atoms with Crippen LogP contribution in [0.15, 0.2) is 11.1 Å². The molecule has 1 aromatic heterocycles. The van der Waals surface area contributed by atoms with Gasteiger partial charge in [0, 0.05) is 12.6 Å². The van der Waals surface area contributed by atoms with E-state index in [1.54, 1.807) is 4.90 Å². The molecule has 0 aliphatic rings. The molecule has 0 bridgehead atoms. The Kier molecular flexibility index (Phi) is 4.11. The van der Waals surface area contributed by atoms with Crippen molar-refractivity contribution in [2.45, 2.75) is 19.9 Å². The molecule has 0 aromatic carbocycles. The third-order valence-electron chi connectivity index (χ3n) is 2.01. The standard InChI is InChI=1S/C9H14ClN3O2/c1-6(2)13(3-4-14)8-7(10)9(15)12-5-11-8/h5-6,14H,3-4H2,1-2H3,(H,11,12,15). The van der Waals surface area contributed by atoms with Gasteiger partial charge in [-0.15, -0.1) is 0 Å². The molecule has 1 rings (SSSR count). The molecule has 0 aliphatic heterocycles. The van der Waals surface area contributed by atoms with Crippen LogP contribution >= 0.6 is 11.6 Å². The van der Waals surface area contributed by atoms with Crippen LogP contribution in [-0.2, 0) is 0 Å².